The third kappa shape index (κ3) is 0.922. The first-order valence-electron chi connectivity index (χ1n) is 3.33. The molecule has 0 saturated heterocycles. The van der Waals surface area contributed by atoms with Gasteiger partial charge in [0.25, 0.3) is 0 Å². The van der Waals surface area contributed by atoms with Crippen LogP contribution in [0.1, 0.15) is 0 Å². The minimum Gasteiger partial charge on any atom is -0.244 e. The summed E-state index contributed by atoms with van der Waals surface area (Å²) in [5, 5.41) is 0.109. The normalized spacial score (nSPS) is 10.5. The Labute approximate surface area is 66.9 Å². The average Bonchev–Trinajstić information content (AvgIpc) is 2.12. The topological polar surface area (TPSA) is 25.8 Å². The molecule has 2 nitrogen and oxygen atoms in total. The second-order valence-corrected chi connectivity index (χ2v) is 2.31. The van der Waals surface area contributed by atoms with Gasteiger partial charge in [-0.1, -0.05) is 0 Å². The van der Waals surface area contributed by atoms with Gasteiger partial charge in [0, 0.05) is 6.20 Å². The molecule has 60 valence electrons. The fourth-order valence-electron chi connectivity index (χ4n) is 1.01. The summed E-state index contributed by atoms with van der Waals surface area (Å²) in [6.07, 6.45) is 2.44. The van der Waals surface area contributed by atoms with Gasteiger partial charge in [-0.25, -0.2) is 18.7 Å². The van der Waals surface area contributed by atoms with E-state index in [2.05, 4.69) is 9.97 Å². The van der Waals surface area contributed by atoms with E-state index in [1.807, 2.05) is 0 Å². The number of nitrogens with zero attached hydrogens (tertiary/aromatic N) is 2. The van der Waals surface area contributed by atoms with Gasteiger partial charge >= 0.3 is 0 Å². The number of benzene rings is 1. The molecule has 4 heteroatoms. The molecule has 0 atom stereocenters. The highest BCUT2D eigenvalue weighted by Gasteiger charge is 2.05. The van der Waals surface area contributed by atoms with E-state index in [0.29, 0.717) is 0 Å². The predicted octanol–water partition coefficient (Wildman–Crippen LogP) is 1.91. The summed E-state index contributed by atoms with van der Waals surface area (Å²) in [5.41, 5.74) is 0.0185. The SMILES string of the molecule is Fc1ccc(F)c2ncncc12. The smallest absolute Gasteiger partial charge is 0.149 e. The molecule has 12 heavy (non-hydrogen) atoms. The number of hydrogen-bond donors (Lipinski definition) is 0. The zero-order valence-corrected chi connectivity index (χ0v) is 5.96. The van der Waals surface area contributed by atoms with Crippen LogP contribution in [0.4, 0.5) is 8.78 Å². The Balaban J connectivity index is 2.95. The van der Waals surface area contributed by atoms with Crippen LogP contribution in [-0.4, -0.2) is 9.97 Å². The van der Waals surface area contributed by atoms with Crippen molar-refractivity contribution in [1.82, 2.24) is 9.97 Å². The summed E-state index contributed by atoms with van der Waals surface area (Å²) in [7, 11) is 0. The van der Waals surface area contributed by atoms with E-state index in [1.54, 1.807) is 0 Å². The summed E-state index contributed by atoms with van der Waals surface area (Å²) in [6.45, 7) is 0. The Kier molecular flexibility index (Phi) is 1.46. The van der Waals surface area contributed by atoms with Crippen molar-refractivity contribution in [3.63, 3.8) is 0 Å². The lowest BCUT2D eigenvalue weighted by Crippen LogP contribution is -1.88. The molecular formula is C8H4F2N2. The van der Waals surface area contributed by atoms with Gasteiger partial charge in [0.05, 0.1) is 5.39 Å². The van der Waals surface area contributed by atoms with E-state index < -0.39 is 11.6 Å². The quantitative estimate of drug-likeness (QED) is 0.597. The van der Waals surface area contributed by atoms with Gasteiger partial charge in [0.2, 0.25) is 0 Å². The van der Waals surface area contributed by atoms with Crippen LogP contribution in [0.3, 0.4) is 0 Å². The zero-order valence-electron chi connectivity index (χ0n) is 5.96. The minimum atomic E-state index is -0.534. The molecule has 2 aromatic rings. The van der Waals surface area contributed by atoms with Gasteiger partial charge in [-0.3, -0.25) is 0 Å². The van der Waals surface area contributed by atoms with Crippen LogP contribution >= 0.6 is 0 Å². The lowest BCUT2D eigenvalue weighted by atomic mass is 10.2. The number of hydrogen-bond acceptors (Lipinski definition) is 2. The third-order valence-electron chi connectivity index (χ3n) is 1.57. The lowest BCUT2D eigenvalue weighted by Gasteiger charge is -1.97. The molecule has 0 unspecified atom stereocenters. The minimum absolute atomic E-state index is 0.0185. The molecular weight excluding hydrogens is 162 g/mol. The number of halogens is 2. The largest absolute Gasteiger partial charge is 0.244 e. The summed E-state index contributed by atoms with van der Waals surface area (Å²) >= 11 is 0. The molecule has 2 rings (SSSR count). The maximum atomic E-state index is 12.9. The third-order valence-corrected chi connectivity index (χ3v) is 1.57. The van der Waals surface area contributed by atoms with Crippen molar-refractivity contribution in [1.29, 1.82) is 0 Å². The Morgan fingerprint density at radius 1 is 1.08 bits per heavy atom. The van der Waals surface area contributed by atoms with E-state index in [9.17, 15) is 8.78 Å². The van der Waals surface area contributed by atoms with Crippen molar-refractivity contribution in [3.8, 4) is 0 Å². The van der Waals surface area contributed by atoms with Crippen LogP contribution in [0.2, 0.25) is 0 Å². The Bertz CT molecular complexity index is 388. The first-order valence-corrected chi connectivity index (χ1v) is 3.33. The van der Waals surface area contributed by atoms with Crippen molar-refractivity contribution in [3.05, 3.63) is 36.3 Å². The van der Waals surface area contributed by atoms with Gasteiger partial charge in [-0.2, -0.15) is 0 Å². The summed E-state index contributed by atoms with van der Waals surface area (Å²) in [5.74, 6) is -1.04. The fraction of sp³-hybridized carbons (Fsp3) is 0. The van der Waals surface area contributed by atoms with Crippen LogP contribution in [0.25, 0.3) is 10.9 Å². The van der Waals surface area contributed by atoms with E-state index in [-0.39, 0.29) is 10.9 Å². The number of fused-ring (bicyclic) bond motifs is 1. The van der Waals surface area contributed by atoms with E-state index in [1.165, 1.54) is 12.5 Å². The number of rotatable bonds is 0. The van der Waals surface area contributed by atoms with Crippen molar-refractivity contribution in [2.75, 3.05) is 0 Å². The highest BCUT2D eigenvalue weighted by atomic mass is 19.1. The number of aromatic nitrogens is 2. The molecule has 0 aliphatic heterocycles. The molecule has 1 aromatic heterocycles. The average molecular weight is 166 g/mol. The molecule has 0 aliphatic rings. The van der Waals surface area contributed by atoms with Gasteiger partial charge in [-0.05, 0) is 12.1 Å². The molecule has 0 fully saturated rings. The molecule has 0 saturated carbocycles. The van der Waals surface area contributed by atoms with Crippen LogP contribution in [0.5, 0.6) is 0 Å². The van der Waals surface area contributed by atoms with Gasteiger partial charge < -0.3 is 0 Å². The molecule has 0 radical (unpaired) electrons. The fourth-order valence-corrected chi connectivity index (χ4v) is 1.01. The molecule has 1 heterocycles. The van der Waals surface area contributed by atoms with Gasteiger partial charge in [0.1, 0.15) is 23.5 Å². The first kappa shape index (κ1) is 7.09. The van der Waals surface area contributed by atoms with Crippen molar-refractivity contribution in [2.45, 2.75) is 0 Å². The van der Waals surface area contributed by atoms with Crippen LogP contribution in [0, 0.1) is 11.6 Å². The highest BCUT2D eigenvalue weighted by molar-refractivity contribution is 5.78. The monoisotopic (exact) mass is 166 g/mol. The molecule has 1 aromatic carbocycles. The van der Waals surface area contributed by atoms with E-state index >= 15 is 0 Å². The Morgan fingerprint density at radius 2 is 1.83 bits per heavy atom. The molecule has 0 N–H and O–H groups in total. The summed E-state index contributed by atoms with van der Waals surface area (Å²) in [6, 6.07) is 2.10. The van der Waals surface area contributed by atoms with Crippen molar-refractivity contribution >= 4 is 10.9 Å². The van der Waals surface area contributed by atoms with Crippen LogP contribution in [-0.2, 0) is 0 Å². The predicted molar refractivity (Wildman–Crippen MR) is 39.5 cm³/mol. The summed E-state index contributed by atoms with van der Waals surface area (Å²) < 4.78 is 25.8. The Morgan fingerprint density at radius 3 is 2.58 bits per heavy atom. The second-order valence-electron chi connectivity index (χ2n) is 2.31. The maximum absolute atomic E-state index is 12.9. The lowest BCUT2D eigenvalue weighted by molar-refractivity contribution is 0.614. The molecule has 0 aliphatic carbocycles. The zero-order chi connectivity index (χ0) is 8.55. The van der Waals surface area contributed by atoms with Crippen molar-refractivity contribution < 1.29 is 8.78 Å². The van der Waals surface area contributed by atoms with Crippen LogP contribution in [0.15, 0.2) is 24.7 Å². The van der Waals surface area contributed by atoms with Crippen LogP contribution < -0.4 is 0 Å². The standard InChI is InChI=1S/C8H4F2N2/c9-6-1-2-7(10)8-5(6)3-11-4-12-8/h1-4H. The van der Waals surface area contributed by atoms with E-state index in [0.717, 1.165) is 12.1 Å². The maximum Gasteiger partial charge on any atom is 0.149 e. The molecule has 0 amide bonds. The Hall–Kier alpha value is -1.58. The van der Waals surface area contributed by atoms with E-state index in [4.69, 9.17) is 0 Å². The first-order chi connectivity index (χ1) is 5.79. The van der Waals surface area contributed by atoms with Gasteiger partial charge in [0.15, 0.2) is 0 Å². The second kappa shape index (κ2) is 2.48. The molecule has 0 bridgehead atoms. The summed E-state index contributed by atoms with van der Waals surface area (Å²) in [4.78, 5) is 7.21. The van der Waals surface area contributed by atoms with Crippen molar-refractivity contribution in [2.24, 2.45) is 0 Å². The van der Waals surface area contributed by atoms with Gasteiger partial charge in [-0.15, -0.1) is 0 Å². The molecule has 0 spiro atoms. The highest BCUT2D eigenvalue weighted by Crippen LogP contribution is 2.16.